The molecule has 0 bridgehead atoms. The van der Waals surface area contributed by atoms with Gasteiger partial charge in [-0.25, -0.2) is 0 Å². The van der Waals surface area contributed by atoms with E-state index in [2.05, 4.69) is 30.3 Å². The van der Waals surface area contributed by atoms with E-state index >= 15 is 0 Å². The largest absolute Gasteiger partial charge is 0.294 e. The Bertz CT molecular complexity index is 654. The van der Waals surface area contributed by atoms with Crippen molar-refractivity contribution < 1.29 is 4.79 Å². The summed E-state index contributed by atoms with van der Waals surface area (Å²) in [6, 6.07) is 20.6. The Morgan fingerprint density at radius 2 is 1.43 bits per heavy atom. The number of hydrogen-bond acceptors (Lipinski definition) is 1. The van der Waals surface area contributed by atoms with Crippen LogP contribution in [0.15, 0.2) is 84.5 Å². The van der Waals surface area contributed by atoms with Gasteiger partial charge >= 0.3 is 0 Å². The zero-order valence-corrected chi connectivity index (χ0v) is 12.1. The Kier molecular flexibility index (Phi) is 3.57. The van der Waals surface area contributed by atoms with E-state index in [-0.39, 0.29) is 11.2 Å². The Morgan fingerprint density at radius 3 is 1.90 bits per heavy atom. The molecule has 0 amide bonds. The number of ketones is 1. The molecule has 3 rings (SSSR count). The first-order valence-electron chi connectivity index (χ1n) is 7.26. The van der Waals surface area contributed by atoms with Gasteiger partial charge in [0.15, 0.2) is 5.78 Å². The maximum atomic E-state index is 12.4. The molecular weight excluding hydrogens is 256 g/mol. The van der Waals surface area contributed by atoms with Gasteiger partial charge in [-0.1, -0.05) is 78.9 Å². The number of carbonyl (C=O) groups is 1. The van der Waals surface area contributed by atoms with Gasteiger partial charge < -0.3 is 0 Å². The van der Waals surface area contributed by atoms with Gasteiger partial charge in [-0.3, -0.25) is 4.79 Å². The first-order valence-corrected chi connectivity index (χ1v) is 7.26. The van der Waals surface area contributed by atoms with Crippen molar-refractivity contribution in [2.75, 3.05) is 0 Å². The number of allylic oxidation sites excluding steroid dienone is 4. The molecule has 0 saturated carbocycles. The minimum absolute atomic E-state index is 0.209. The Hall–Kier alpha value is -2.41. The van der Waals surface area contributed by atoms with E-state index in [4.69, 9.17) is 0 Å². The van der Waals surface area contributed by atoms with Crippen molar-refractivity contribution in [2.45, 2.75) is 18.8 Å². The molecule has 0 aliphatic heterocycles. The molecule has 0 N–H and O–H groups in total. The average molecular weight is 274 g/mol. The summed E-state index contributed by atoms with van der Waals surface area (Å²) in [6.07, 6.45) is 6.46. The molecule has 0 fully saturated rings. The lowest BCUT2D eigenvalue weighted by atomic mass is 9.74. The van der Waals surface area contributed by atoms with Gasteiger partial charge in [0.2, 0.25) is 0 Å². The van der Waals surface area contributed by atoms with Crippen LogP contribution in [0.25, 0.3) is 0 Å². The van der Waals surface area contributed by atoms with E-state index in [9.17, 15) is 4.79 Å². The summed E-state index contributed by atoms with van der Waals surface area (Å²) in [7, 11) is 0. The molecule has 0 heterocycles. The molecule has 1 nitrogen and oxygen atoms in total. The van der Waals surface area contributed by atoms with Gasteiger partial charge in [-0.05, 0) is 18.1 Å². The summed E-state index contributed by atoms with van der Waals surface area (Å²) in [5.41, 5.74) is 2.81. The lowest BCUT2D eigenvalue weighted by Gasteiger charge is -2.28. The minimum atomic E-state index is -0.339. The number of hydrogen-bond donors (Lipinski definition) is 0. The normalized spacial score (nSPS) is 17.2. The third-order valence-corrected chi connectivity index (χ3v) is 4.09. The highest BCUT2D eigenvalue weighted by Crippen LogP contribution is 2.43. The molecule has 0 aromatic heterocycles. The Morgan fingerprint density at radius 1 is 0.905 bits per heavy atom. The molecule has 1 aliphatic rings. The van der Waals surface area contributed by atoms with Crippen molar-refractivity contribution in [3.05, 3.63) is 95.6 Å². The standard InChI is InChI=1S/C20H18O/c1-2-9-16-14-20(15-19(16)21,17-10-5-3-6-11-17)18-12-7-4-8-13-18/h2-14H,15H2,1H3/b9-2+. The van der Waals surface area contributed by atoms with Crippen LogP contribution in [-0.2, 0) is 10.2 Å². The van der Waals surface area contributed by atoms with Crippen LogP contribution in [0.5, 0.6) is 0 Å². The Labute approximate surface area is 125 Å². The summed E-state index contributed by atoms with van der Waals surface area (Å²) in [6.45, 7) is 1.94. The van der Waals surface area contributed by atoms with Gasteiger partial charge in [-0.15, -0.1) is 0 Å². The van der Waals surface area contributed by atoms with Gasteiger partial charge in [0.05, 0.1) is 0 Å². The fourth-order valence-corrected chi connectivity index (χ4v) is 3.08. The van der Waals surface area contributed by atoms with Crippen LogP contribution >= 0.6 is 0 Å². The van der Waals surface area contributed by atoms with Gasteiger partial charge in [0, 0.05) is 17.4 Å². The summed E-state index contributed by atoms with van der Waals surface area (Å²) >= 11 is 0. The highest BCUT2D eigenvalue weighted by atomic mass is 16.1. The van der Waals surface area contributed by atoms with E-state index in [1.165, 1.54) is 11.1 Å². The third kappa shape index (κ3) is 2.36. The van der Waals surface area contributed by atoms with Crippen molar-refractivity contribution in [1.82, 2.24) is 0 Å². The highest BCUT2D eigenvalue weighted by molar-refractivity contribution is 6.02. The predicted octanol–water partition coefficient (Wildman–Crippen LogP) is 4.45. The summed E-state index contributed by atoms with van der Waals surface area (Å²) < 4.78 is 0. The fourth-order valence-electron chi connectivity index (χ4n) is 3.08. The molecule has 0 saturated heterocycles. The second-order valence-corrected chi connectivity index (χ2v) is 5.40. The van der Waals surface area contributed by atoms with Gasteiger partial charge in [0.1, 0.15) is 0 Å². The quantitative estimate of drug-likeness (QED) is 0.808. The Balaban J connectivity index is 2.21. The van der Waals surface area contributed by atoms with Crippen LogP contribution in [0, 0.1) is 0 Å². The van der Waals surface area contributed by atoms with Crippen LogP contribution < -0.4 is 0 Å². The molecule has 0 radical (unpaired) electrons. The zero-order valence-electron chi connectivity index (χ0n) is 12.1. The van der Waals surface area contributed by atoms with Crippen LogP contribution in [0.1, 0.15) is 24.5 Å². The van der Waals surface area contributed by atoms with Crippen LogP contribution in [-0.4, -0.2) is 5.78 Å². The topological polar surface area (TPSA) is 17.1 Å². The molecular formula is C20H18O. The van der Waals surface area contributed by atoms with E-state index in [1.807, 2.05) is 55.5 Å². The van der Waals surface area contributed by atoms with E-state index in [1.54, 1.807) is 0 Å². The minimum Gasteiger partial charge on any atom is -0.294 e. The zero-order chi connectivity index (χ0) is 14.7. The molecule has 1 heteroatoms. The molecule has 104 valence electrons. The lowest BCUT2D eigenvalue weighted by molar-refractivity contribution is -0.115. The van der Waals surface area contributed by atoms with Crippen molar-refractivity contribution in [2.24, 2.45) is 0 Å². The van der Waals surface area contributed by atoms with Crippen molar-refractivity contribution in [1.29, 1.82) is 0 Å². The smallest absolute Gasteiger partial charge is 0.164 e. The van der Waals surface area contributed by atoms with Crippen LogP contribution in [0.3, 0.4) is 0 Å². The second kappa shape index (κ2) is 5.53. The highest BCUT2D eigenvalue weighted by Gasteiger charge is 2.40. The van der Waals surface area contributed by atoms with Crippen molar-refractivity contribution >= 4 is 5.78 Å². The molecule has 21 heavy (non-hydrogen) atoms. The van der Waals surface area contributed by atoms with E-state index in [0.717, 1.165) is 5.57 Å². The van der Waals surface area contributed by atoms with Crippen molar-refractivity contribution in [3.8, 4) is 0 Å². The molecule has 0 unspecified atom stereocenters. The molecule has 1 aliphatic carbocycles. The number of Topliss-reactive ketones (excluding diaryl/α,β-unsaturated/α-hetero) is 1. The fraction of sp³-hybridized carbons (Fsp3) is 0.150. The molecule has 0 atom stereocenters. The maximum absolute atomic E-state index is 12.4. The number of benzene rings is 2. The predicted molar refractivity (Wildman–Crippen MR) is 86.2 cm³/mol. The maximum Gasteiger partial charge on any atom is 0.164 e. The monoisotopic (exact) mass is 274 g/mol. The first kappa shape index (κ1) is 13.6. The SMILES string of the molecule is C/C=C/C1=CC(c2ccccc2)(c2ccccc2)CC1=O. The first-order chi connectivity index (χ1) is 10.3. The van der Waals surface area contributed by atoms with E-state index in [0.29, 0.717) is 6.42 Å². The van der Waals surface area contributed by atoms with Crippen LogP contribution in [0.4, 0.5) is 0 Å². The summed E-state index contributed by atoms with van der Waals surface area (Å²) in [5, 5.41) is 0. The molecule has 2 aromatic rings. The number of rotatable bonds is 3. The number of carbonyl (C=O) groups excluding carboxylic acids is 1. The summed E-state index contributed by atoms with van der Waals surface area (Å²) in [4.78, 5) is 12.4. The molecule has 0 spiro atoms. The van der Waals surface area contributed by atoms with Crippen molar-refractivity contribution in [3.63, 3.8) is 0 Å². The van der Waals surface area contributed by atoms with Gasteiger partial charge in [0.25, 0.3) is 0 Å². The third-order valence-electron chi connectivity index (χ3n) is 4.09. The second-order valence-electron chi connectivity index (χ2n) is 5.40. The van der Waals surface area contributed by atoms with Crippen LogP contribution in [0.2, 0.25) is 0 Å². The average Bonchev–Trinajstić information content (AvgIpc) is 2.88. The lowest BCUT2D eigenvalue weighted by Crippen LogP contribution is -2.24. The summed E-state index contributed by atoms with van der Waals surface area (Å²) in [5.74, 6) is 0.209. The van der Waals surface area contributed by atoms with E-state index < -0.39 is 0 Å². The molecule has 2 aromatic carbocycles. The van der Waals surface area contributed by atoms with Gasteiger partial charge in [-0.2, -0.15) is 0 Å².